The Bertz CT molecular complexity index is 674. The van der Waals surface area contributed by atoms with E-state index in [-0.39, 0.29) is 24.0 Å². The van der Waals surface area contributed by atoms with Gasteiger partial charge in [-0.1, -0.05) is 39.0 Å². The zero-order valence-corrected chi connectivity index (χ0v) is 20.2. The van der Waals surface area contributed by atoms with Crippen LogP contribution in [0.25, 0.3) is 0 Å². The summed E-state index contributed by atoms with van der Waals surface area (Å²) in [4.78, 5) is 6.01. The second-order valence-electron chi connectivity index (χ2n) is 6.72. The van der Waals surface area contributed by atoms with E-state index in [1.165, 1.54) is 4.90 Å². The predicted molar refractivity (Wildman–Crippen MR) is 130 cm³/mol. The van der Waals surface area contributed by atoms with Crippen LogP contribution in [-0.4, -0.2) is 46.1 Å². The summed E-state index contributed by atoms with van der Waals surface area (Å²) in [7, 11) is 0. The van der Waals surface area contributed by atoms with Gasteiger partial charge in [0.15, 0.2) is 5.96 Å². The number of hydrogen-bond donors (Lipinski definition) is 2. The van der Waals surface area contributed by atoms with Crippen molar-refractivity contribution in [2.24, 2.45) is 10.9 Å². The highest BCUT2D eigenvalue weighted by Crippen LogP contribution is 2.15. The van der Waals surface area contributed by atoms with Gasteiger partial charge >= 0.3 is 0 Å². The Balaban J connectivity index is 0.00000392. The van der Waals surface area contributed by atoms with Gasteiger partial charge in [-0.15, -0.1) is 45.9 Å². The molecule has 0 spiro atoms. The molecule has 1 heterocycles. The Morgan fingerprint density at radius 3 is 2.64 bits per heavy atom. The molecule has 2 aromatic rings. The van der Waals surface area contributed by atoms with Crippen molar-refractivity contribution in [1.29, 1.82) is 0 Å². The first-order valence-electron chi connectivity index (χ1n) is 9.75. The fourth-order valence-corrected chi connectivity index (χ4v) is 3.29. The second-order valence-corrected chi connectivity index (χ2v) is 7.89. The molecule has 0 saturated carbocycles. The molecule has 2 N–H and O–H groups in total. The minimum absolute atomic E-state index is 0. The molecule has 156 valence electrons. The zero-order chi connectivity index (χ0) is 19.3. The maximum atomic E-state index is 4.71. The Labute approximate surface area is 190 Å². The highest BCUT2D eigenvalue weighted by atomic mass is 127. The molecule has 6 nitrogen and oxygen atoms in total. The largest absolute Gasteiger partial charge is 0.356 e. The first kappa shape index (κ1) is 24.7. The molecular formula is C20H33IN6S. The number of rotatable bonds is 11. The number of aryl methyl sites for hydroxylation is 1. The third-order valence-electron chi connectivity index (χ3n) is 4.04. The topological polar surface area (TPSA) is 67.1 Å². The van der Waals surface area contributed by atoms with Crippen LogP contribution in [-0.2, 0) is 13.0 Å². The Kier molecular flexibility index (Phi) is 13.0. The zero-order valence-electron chi connectivity index (χ0n) is 17.1. The molecule has 0 amide bonds. The van der Waals surface area contributed by atoms with Gasteiger partial charge in [-0.2, -0.15) is 0 Å². The molecule has 0 aliphatic rings. The highest BCUT2D eigenvalue weighted by Gasteiger charge is 2.03. The summed E-state index contributed by atoms with van der Waals surface area (Å²) in [6, 6.07) is 10.5. The summed E-state index contributed by atoms with van der Waals surface area (Å²) in [6.07, 6.45) is 3.78. The highest BCUT2D eigenvalue weighted by molar-refractivity contribution is 14.0. The average molecular weight is 516 g/mol. The van der Waals surface area contributed by atoms with Gasteiger partial charge < -0.3 is 15.2 Å². The Morgan fingerprint density at radius 1 is 1.18 bits per heavy atom. The average Bonchev–Trinajstić information content (AvgIpc) is 3.13. The number of aliphatic imine (C=N–C) groups is 1. The molecule has 0 unspecified atom stereocenters. The van der Waals surface area contributed by atoms with Crippen LogP contribution in [0.3, 0.4) is 0 Å². The lowest BCUT2D eigenvalue weighted by Gasteiger charge is -2.14. The molecule has 0 atom stereocenters. The second kappa shape index (κ2) is 14.7. The standard InChI is InChI=1S/C20H32N6S.HI/c1-4-19-25-24-16-26(19)14-12-22-20(21-11-10-17(2)3)23-13-15-27-18-8-6-5-7-9-18;/h5-9,16-17H,4,10-15H2,1-3H3,(H2,21,22,23);1H. The molecule has 8 heteroatoms. The predicted octanol–water partition coefficient (Wildman–Crippen LogP) is 3.83. The van der Waals surface area contributed by atoms with Crippen LogP contribution in [0.4, 0.5) is 0 Å². The van der Waals surface area contributed by atoms with Crippen LogP contribution < -0.4 is 10.6 Å². The van der Waals surface area contributed by atoms with Crippen molar-refractivity contribution in [3.8, 4) is 0 Å². The fourth-order valence-electron chi connectivity index (χ4n) is 2.50. The molecule has 0 aliphatic heterocycles. The monoisotopic (exact) mass is 516 g/mol. The van der Waals surface area contributed by atoms with Crippen LogP contribution in [0.5, 0.6) is 0 Å². The quantitative estimate of drug-likeness (QED) is 0.156. The normalized spacial score (nSPS) is 11.4. The number of nitrogens with zero attached hydrogens (tertiary/aromatic N) is 4. The van der Waals surface area contributed by atoms with Crippen molar-refractivity contribution in [3.05, 3.63) is 42.5 Å². The molecule has 0 aliphatic carbocycles. The summed E-state index contributed by atoms with van der Waals surface area (Å²) < 4.78 is 2.09. The van der Waals surface area contributed by atoms with E-state index in [1.54, 1.807) is 6.33 Å². The molecule has 2 rings (SSSR count). The number of nitrogens with one attached hydrogen (secondary N) is 2. The van der Waals surface area contributed by atoms with Gasteiger partial charge in [0.1, 0.15) is 12.2 Å². The molecule has 28 heavy (non-hydrogen) atoms. The number of halogens is 1. The molecule has 0 fully saturated rings. The van der Waals surface area contributed by atoms with Gasteiger partial charge in [-0.25, -0.2) is 0 Å². The van der Waals surface area contributed by atoms with E-state index in [0.717, 1.165) is 56.6 Å². The Hall–Kier alpha value is -1.29. The third-order valence-corrected chi connectivity index (χ3v) is 5.05. The van der Waals surface area contributed by atoms with E-state index in [0.29, 0.717) is 5.92 Å². The van der Waals surface area contributed by atoms with Gasteiger partial charge in [-0.3, -0.25) is 4.99 Å². The Morgan fingerprint density at radius 2 is 1.93 bits per heavy atom. The van der Waals surface area contributed by atoms with Gasteiger partial charge in [0.25, 0.3) is 0 Å². The first-order chi connectivity index (χ1) is 13.2. The SMILES string of the molecule is CCc1nncn1CCNC(=NCCC(C)C)NCCSc1ccccc1.I. The first-order valence-corrected chi connectivity index (χ1v) is 10.7. The number of thioether (sulfide) groups is 1. The van der Waals surface area contributed by atoms with Gasteiger partial charge in [0.2, 0.25) is 0 Å². The van der Waals surface area contributed by atoms with E-state index in [2.05, 4.69) is 70.4 Å². The smallest absolute Gasteiger partial charge is 0.191 e. The van der Waals surface area contributed by atoms with E-state index in [1.807, 2.05) is 17.8 Å². The van der Waals surface area contributed by atoms with Crippen LogP contribution in [0.1, 0.15) is 33.0 Å². The lowest BCUT2D eigenvalue weighted by atomic mass is 10.1. The van der Waals surface area contributed by atoms with Gasteiger partial charge in [-0.05, 0) is 24.5 Å². The van der Waals surface area contributed by atoms with Crippen LogP contribution in [0, 0.1) is 5.92 Å². The molecule has 0 radical (unpaired) electrons. The molecule has 1 aromatic heterocycles. The van der Waals surface area contributed by atoms with Crippen molar-refractivity contribution < 1.29 is 0 Å². The molecule has 0 saturated heterocycles. The maximum Gasteiger partial charge on any atom is 0.191 e. The maximum absolute atomic E-state index is 4.71. The van der Waals surface area contributed by atoms with Crippen molar-refractivity contribution in [2.45, 2.75) is 45.1 Å². The van der Waals surface area contributed by atoms with E-state index in [9.17, 15) is 0 Å². The van der Waals surface area contributed by atoms with Crippen LogP contribution in [0.15, 0.2) is 46.5 Å². The van der Waals surface area contributed by atoms with E-state index >= 15 is 0 Å². The lowest BCUT2D eigenvalue weighted by Crippen LogP contribution is -2.40. The summed E-state index contributed by atoms with van der Waals surface area (Å²) in [5.41, 5.74) is 0. The number of benzene rings is 1. The molecule has 1 aromatic carbocycles. The molecular weight excluding hydrogens is 483 g/mol. The fraction of sp³-hybridized carbons (Fsp3) is 0.550. The lowest BCUT2D eigenvalue weighted by molar-refractivity contribution is 0.592. The minimum atomic E-state index is 0. The molecule has 0 bridgehead atoms. The summed E-state index contributed by atoms with van der Waals surface area (Å²) in [6.45, 7) is 9.89. The summed E-state index contributed by atoms with van der Waals surface area (Å²) in [5.74, 6) is 3.56. The van der Waals surface area contributed by atoms with Gasteiger partial charge in [0.05, 0.1) is 0 Å². The van der Waals surface area contributed by atoms with Crippen molar-refractivity contribution in [3.63, 3.8) is 0 Å². The van der Waals surface area contributed by atoms with E-state index in [4.69, 9.17) is 4.99 Å². The summed E-state index contributed by atoms with van der Waals surface area (Å²) in [5, 5.41) is 15.0. The third kappa shape index (κ3) is 9.77. The minimum Gasteiger partial charge on any atom is -0.356 e. The van der Waals surface area contributed by atoms with Crippen LogP contribution in [0.2, 0.25) is 0 Å². The summed E-state index contributed by atoms with van der Waals surface area (Å²) >= 11 is 1.85. The van der Waals surface area contributed by atoms with E-state index < -0.39 is 0 Å². The number of aromatic nitrogens is 3. The number of hydrogen-bond acceptors (Lipinski definition) is 4. The van der Waals surface area contributed by atoms with Gasteiger partial charge in [0, 0.05) is 43.2 Å². The van der Waals surface area contributed by atoms with Crippen molar-refractivity contribution in [1.82, 2.24) is 25.4 Å². The van der Waals surface area contributed by atoms with Crippen LogP contribution >= 0.6 is 35.7 Å². The van der Waals surface area contributed by atoms with Crippen molar-refractivity contribution >= 4 is 41.7 Å². The van der Waals surface area contributed by atoms with Crippen molar-refractivity contribution in [2.75, 3.05) is 25.4 Å². The number of guanidine groups is 1.